The molecular weight excluding hydrogens is 613 g/mol. The first-order chi connectivity index (χ1) is 20.7. The lowest BCUT2D eigenvalue weighted by atomic mass is 10.2. The second-order valence-corrected chi connectivity index (χ2v) is 11.7. The van der Waals surface area contributed by atoms with Crippen molar-refractivity contribution in [3.63, 3.8) is 0 Å². The van der Waals surface area contributed by atoms with Gasteiger partial charge in [-0.15, -0.1) is 0 Å². The SMILES string of the molecule is CCOc1cc(/C=N\NC(=O)CN(c2ccc(OC)c(Cl)c2)S(=O)(=O)c2ccccc2)ccc1OCc1ccc(Cl)cc1. The van der Waals surface area contributed by atoms with Crippen LogP contribution in [0.1, 0.15) is 18.1 Å². The first-order valence-electron chi connectivity index (χ1n) is 13.1. The van der Waals surface area contributed by atoms with E-state index in [9.17, 15) is 13.2 Å². The Morgan fingerprint density at radius 1 is 0.907 bits per heavy atom. The molecule has 0 spiro atoms. The van der Waals surface area contributed by atoms with E-state index in [-0.39, 0.29) is 15.6 Å². The average molecular weight is 643 g/mol. The van der Waals surface area contributed by atoms with Crippen LogP contribution >= 0.6 is 23.2 Å². The lowest BCUT2D eigenvalue weighted by Gasteiger charge is -2.24. The molecule has 0 saturated carbocycles. The molecule has 0 aliphatic carbocycles. The van der Waals surface area contributed by atoms with Gasteiger partial charge in [-0.25, -0.2) is 13.8 Å². The van der Waals surface area contributed by atoms with Gasteiger partial charge >= 0.3 is 0 Å². The predicted molar refractivity (Wildman–Crippen MR) is 168 cm³/mol. The molecule has 0 fully saturated rings. The van der Waals surface area contributed by atoms with Gasteiger partial charge in [0.1, 0.15) is 18.9 Å². The maximum Gasteiger partial charge on any atom is 0.264 e. The molecular formula is C31H29Cl2N3O6S. The summed E-state index contributed by atoms with van der Waals surface area (Å²) in [5.74, 6) is 0.737. The van der Waals surface area contributed by atoms with Gasteiger partial charge < -0.3 is 14.2 Å². The fourth-order valence-electron chi connectivity index (χ4n) is 3.92. The number of nitrogens with one attached hydrogen (secondary N) is 1. The van der Waals surface area contributed by atoms with Gasteiger partial charge in [0.2, 0.25) is 0 Å². The van der Waals surface area contributed by atoms with E-state index in [1.165, 1.54) is 43.7 Å². The molecule has 0 saturated heterocycles. The van der Waals surface area contributed by atoms with E-state index in [1.807, 2.05) is 19.1 Å². The summed E-state index contributed by atoms with van der Waals surface area (Å²) in [6.07, 6.45) is 1.42. The summed E-state index contributed by atoms with van der Waals surface area (Å²) in [7, 11) is -2.67. The van der Waals surface area contributed by atoms with E-state index in [0.717, 1.165) is 9.87 Å². The smallest absolute Gasteiger partial charge is 0.264 e. The lowest BCUT2D eigenvalue weighted by molar-refractivity contribution is -0.119. The van der Waals surface area contributed by atoms with Crippen LogP contribution in [0, 0.1) is 0 Å². The molecule has 43 heavy (non-hydrogen) atoms. The van der Waals surface area contributed by atoms with E-state index >= 15 is 0 Å². The number of hydrogen-bond donors (Lipinski definition) is 1. The quantitative estimate of drug-likeness (QED) is 0.135. The third-order valence-electron chi connectivity index (χ3n) is 6.02. The molecule has 12 heteroatoms. The summed E-state index contributed by atoms with van der Waals surface area (Å²) in [6, 6.07) is 24.8. The van der Waals surface area contributed by atoms with E-state index < -0.39 is 22.5 Å². The first kappa shape index (κ1) is 31.7. The lowest BCUT2D eigenvalue weighted by Crippen LogP contribution is -2.39. The van der Waals surface area contributed by atoms with Crippen LogP contribution in [0.4, 0.5) is 5.69 Å². The maximum absolute atomic E-state index is 13.5. The van der Waals surface area contributed by atoms with Crippen molar-refractivity contribution in [1.29, 1.82) is 0 Å². The number of carbonyl (C=O) groups is 1. The van der Waals surface area contributed by atoms with Gasteiger partial charge in [0, 0.05) is 5.02 Å². The number of ether oxygens (including phenoxy) is 3. The van der Waals surface area contributed by atoms with Crippen molar-refractivity contribution in [2.24, 2.45) is 5.10 Å². The van der Waals surface area contributed by atoms with Crippen LogP contribution in [-0.2, 0) is 21.4 Å². The maximum atomic E-state index is 13.5. The number of anilines is 1. The van der Waals surface area contributed by atoms with Crippen molar-refractivity contribution >= 4 is 51.0 Å². The largest absolute Gasteiger partial charge is 0.495 e. The van der Waals surface area contributed by atoms with Crippen LogP contribution in [-0.4, -0.2) is 40.8 Å². The third kappa shape index (κ3) is 8.41. The number of benzene rings is 4. The molecule has 4 aromatic rings. The summed E-state index contributed by atoms with van der Waals surface area (Å²) in [5, 5.41) is 4.86. The van der Waals surface area contributed by atoms with E-state index in [0.29, 0.717) is 41.0 Å². The second-order valence-electron chi connectivity index (χ2n) is 8.99. The Hall–Kier alpha value is -4.25. The van der Waals surface area contributed by atoms with Crippen LogP contribution < -0.4 is 23.9 Å². The Balaban J connectivity index is 1.48. The third-order valence-corrected chi connectivity index (χ3v) is 8.36. The van der Waals surface area contributed by atoms with Gasteiger partial charge in [-0.1, -0.05) is 53.5 Å². The van der Waals surface area contributed by atoms with Crippen molar-refractivity contribution in [3.8, 4) is 17.2 Å². The number of amides is 1. The molecule has 4 rings (SSSR count). The standard InChI is InChI=1S/C31H29Cl2N3O6S/c1-3-41-30-17-23(11-15-29(30)42-21-22-9-12-24(32)13-10-22)19-34-35-31(37)20-36(25-14-16-28(40-2)27(33)18-25)43(38,39)26-7-5-4-6-8-26/h4-19H,3,20-21H2,1-2H3,(H,35,37)/b34-19-. The van der Waals surface area contributed by atoms with Gasteiger partial charge in [-0.05, 0) is 78.7 Å². The molecule has 0 heterocycles. The van der Waals surface area contributed by atoms with Crippen molar-refractivity contribution < 1.29 is 27.4 Å². The molecule has 4 aromatic carbocycles. The molecule has 0 aliphatic heterocycles. The highest BCUT2D eigenvalue weighted by molar-refractivity contribution is 7.92. The normalized spacial score (nSPS) is 11.3. The fraction of sp³-hybridized carbons (Fsp3) is 0.161. The molecule has 0 bridgehead atoms. The minimum absolute atomic E-state index is 0.0140. The number of hydrazone groups is 1. The molecule has 0 atom stereocenters. The van der Waals surface area contributed by atoms with Crippen molar-refractivity contribution in [3.05, 3.63) is 112 Å². The van der Waals surface area contributed by atoms with Crippen molar-refractivity contribution in [2.45, 2.75) is 18.4 Å². The zero-order chi connectivity index (χ0) is 30.8. The Morgan fingerprint density at radius 2 is 1.63 bits per heavy atom. The van der Waals surface area contributed by atoms with Gasteiger partial charge in [-0.3, -0.25) is 9.10 Å². The van der Waals surface area contributed by atoms with Crippen LogP contribution in [0.25, 0.3) is 0 Å². The summed E-state index contributed by atoms with van der Waals surface area (Å²) in [4.78, 5) is 12.9. The molecule has 9 nitrogen and oxygen atoms in total. The molecule has 1 N–H and O–H groups in total. The Labute approximate surface area is 260 Å². The molecule has 0 aromatic heterocycles. The molecule has 1 amide bonds. The fourth-order valence-corrected chi connectivity index (χ4v) is 5.74. The number of halogens is 2. The van der Waals surface area contributed by atoms with E-state index in [1.54, 1.807) is 48.5 Å². The van der Waals surface area contributed by atoms with Gasteiger partial charge in [0.15, 0.2) is 11.5 Å². The first-order valence-corrected chi connectivity index (χ1v) is 15.3. The number of nitrogens with zero attached hydrogens (tertiary/aromatic N) is 2. The van der Waals surface area contributed by atoms with Gasteiger partial charge in [0.25, 0.3) is 15.9 Å². The minimum atomic E-state index is -4.12. The van der Waals surface area contributed by atoms with E-state index in [2.05, 4.69) is 10.5 Å². The van der Waals surface area contributed by atoms with E-state index in [4.69, 9.17) is 37.4 Å². The van der Waals surface area contributed by atoms with Gasteiger partial charge in [0.05, 0.1) is 35.5 Å². The van der Waals surface area contributed by atoms with Gasteiger partial charge in [-0.2, -0.15) is 5.10 Å². The van der Waals surface area contributed by atoms with Crippen LogP contribution in [0.2, 0.25) is 10.0 Å². The second kappa shape index (κ2) is 14.8. The van der Waals surface area contributed by atoms with Crippen molar-refractivity contribution in [1.82, 2.24) is 5.43 Å². The molecule has 0 aliphatic rings. The predicted octanol–water partition coefficient (Wildman–Crippen LogP) is 6.33. The number of carbonyl (C=O) groups excluding carboxylic acids is 1. The topological polar surface area (TPSA) is 107 Å². The number of hydrogen-bond acceptors (Lipinski definition) is 7. The zero-order valence-electron chi connectivity index (χ0n) is 23.4. The average Bonchev–Trinajstić information content (AvgIpc) is 3.01. The summed E-state index contributed by atoms with van der Waals surface area (Å²) >= 11 is 12.2. The Kier molecular flexibility index (Phi) is 10.9. The van der Waals surface area contributed by atoms with Crippen LogP contribution in [0.5, 0.6) is 17.2 Å². The van der Waals surface area contributed by atoms with Crippen molar-refractivity contribution in [2.75, 3.05) is 24.6 Å². The highest BCUT2D eigenvalue weighted by Gasteiger charge is 2.27. The summed E-state index contributed by atoms with van der Waals surface area (Å²) in [5.41, 5.74) is 4.15. The minimum Gasteiger partial charge on any atom is -0.495 e. The number of sulfonamides is 1. The number of rotatable bonds is 13. The highest BCUT2D eigenvalue weighted by Crippen LogP contribution is 2.32. The van der Waals surface area contributed by atoms with Crippen LogP contribution in [0.3, 0.4) is 0 Å². The highest BCUT2D eigenvalue weighted by atomic mass is 35.5. The Bertz CT molecular complexity index is 1680. The number of methoxy groups -OCH3 is 1. The zero-order valence-corrected chi connectivity index (χ0v) is 25.7. The monoisotopic (exact) mass is 641 g/mol. The van der Waals surface area contributed by atoms with Crippen LogP contribution in [0.15, 0.2) is 101 Å². The molecule has 0 unspecified atom stereocenters. The molecule has 224 valence electrons. The summed E-state index contributed by atoms with van der Waals surface area (Å²) in [6.45, 7) is 2.03. The Morgan fingerprint density at radius 3 is 2.30 bits per heavy atom. The summed E-state index contributed by atoms with van der Waals surface area (Å²) < 4.78 is 44.8. The molecule has 0 radical (unpaired) electrons.